The highest BCUT2D eigenvalue weighted by atomic mass is 79.9. The van der Waals surface area contributed by atoms with E-state index >= 15 is 0 Å². The number of amides is 1. The van der Waals surface area contributed by atoms with Gasteiger partial charge in [0, 0.05) is 24.1 Å². The Bertz CT molecular complexity index is 537. The van der Waals surface area contributed by atoms with E-state index in [1.807, 2.05) is 23.1 Å². The number of ether oxygens (including phenoxy) is 1. The van der Waals surface area contributed by atoms with Crippen molar-refractivity contribution < 1.29 is 9.53 Å². The Balaban J connectivity index is 0.00000176. The largest absolute Gasteiger partial charge is 0.496 e. The van der Waals surface area contributed by atoms with Crippen LogP contribution >= 0.6 is 28.3 Å². The predicted octanol–water partition coefficient (Wildman–Crippen LogP) is 3.10. The summed E-state index contributed by atoms with van der Waals surface area (Å²) in [5, 5.41) is 3.45. The Kier molecular flexibility index (Phi) is 5.75. The van der Waals surface area contributed by atoms with Gasteiger partial charge in [0.25, 0.3) is 5.91 Å². The molecule has 0 atom stereocenters. The molecule has 122 valence electrons. The minimum atomic E-state index is 0. The van der Waals surface area contributed by atoms with Gasteiger partial charge in [-0.25, -0.2) is 0 Å². The Morgan fingerprint density at radius 1 is 1.32 bits per heavy atom. The van der Waals surface area contributed by atoms with Crippen molar-refractivity contribution in [3.05, 3.63) is 28.2 Å². The smallest absolute Gasteiger partial charge is 0.257 e. The molecule has 2 saturated heterocycles. The number of rotatable bonds is 2. The fourth-order valence-corrected chi connectivity index (χ4v) is 3.76. The maximum atomic E-state index is 12.7. The van der Waals surface area contributed by atoms with E-state index in [2.05, 4.69) is 21.2 Å². The Labute approximate surface area is 146 Å². The zero-order chi connectivity index (χ0) is 14.9. The number of likely N-dealkylation sites (tertiary alicyclic amines) is 1. The molecule has 0 aromatic heterocycles. The van der Waals surface area contributed by atoms with Gasteiger partial charge in [-0.15, -0.1) is 12.4 Å². The first-order valence-electron chi connectivity index (χ1n) is 7.47. The van der Waals surface area contributed by atoms with Gasteiger partial charge in [0.05, 0.1) is 12.7 Å². The highest BCUT2D eigenvalue weighted by Crippen LogP contribution is 2.37. The normalized spacial score (nSPS) is 19.8. The van der Waals surface area contributed by atoms with Crippen molar-refractivity contribution in [2.45, 2.75) is 19.3 Å². The van der Waals surface area contributed by atoms with Crippen LogP contribution in [-0.2, 0) is 0 Å². The molecule has 1 spiro atoms. The van der Waals surface area contributed by atoms with Crippen LogP contribution in [0.1, 0.15) is 29.6 Å². The lowest BCUT2D eigenvalue weighted by Crippen LogP contribution is -2.44. The minimum absolute atomic E-state index is 0. The zero-order valence-corrected chi connectivity index (χ0v) is 15.1. The fourth-order valence-electron chi connectivity index (χ4n) is 3.42. The zero-order valence-electron chi connectivity index (χ0n) is 12.7. The van der Waals surface area contributed by atoms with Crippen molar-refractivity contribution in [3.63, 3.8) is 0 Å². The van der Waals surface area contributed by atoms with Gasteiger partial charge in [-0.05, 0) is 49.4 Å². The lowest BCUT2D eigenvalue weighted by Gasteiger charge is -2.39. The summed E-state index contributed by atoms with van der Waals surface area (Å²) in [5.41, 5.74) is 1.09. The van der Waals surface area contributed by atoms with Crippen LogP contribution in [0.3, 0.4) is 0 Å². The summed E-state index contributed by atoms with van der Waals surface area (Å²) in [4.78, 5) is 14.7. The number of benzene rings is 1. The molecule has 0 aliphatic carbocycles. The number of hydrogen-bond acceptors (Lipinski definition) is 3. The number of carbonyl (C=O) groups is 1. The van der Waals surface area contributed by atoms with E-state index in [1.165, 1.54) is 6.42 Å². The monoisotopic (exact) mass is 388 g/mol. The van der Waals surface area contributed by atoms with Gasteiger partial charge in [-0.1, -0.05) is 15.9 Å². The molecule has 6 heteroatoms. The van der Waals surface area contributed by atoms with Crippen molar-refractivity contribution in [2.75, 3.05) is 33.3 Å². The topological polar surface area (TPSA) is 41.6 Å². The van der Waals surface area contributed by atoms with E-state index in [-0.39, 0.29) is 18.3 Å². The Morgan fingerprint density at radius 2 is 2.05 bits per heavy atom. The van der Waals surface area contributed by atoms with E-state index in [0.717, 1.165) is 43.5 Å². The van der Waals surface area contributed by atoms with Crippen LogP contribution in [0.25, 0.3) is 0 Å². The van der Waals surface area contributed by atoms with Crippen molar-refractivity contribution in [2.24, 2.45) is 5.41 Å². The number of hydrogen-bond donors (Lipinski definition) is 1. The van der Waals surface area contributed by atoms with Gasteiger partial charge in [0.1, 0.15) is 5.75 Å². The molecular weight excluding hydrogens is 368 g/mol. The van der Waals surface area contributed by atoms with Gasteiger partial charge in [0.15, 0.2) is 0 Å². The molecule has 0 unspecified atom stereocenters. The van der Waals surface area contributed by atoms with Crippen molar-refractivity contribution in [1.29, 1.82) is 0 Å². The summed E-state index contributed by atoms with van der Waals surface area (Å²) in [7, 11) is 1.61. The lowest BCUT2D eigenvalue weighted by molar-refractivity contribution is 0.0604. The molecule has 2 fully saturated rings. The number of nitrogens with one attached hydrogen (secondary N) is 1. The van der Waals surface area contributed by atoms with E-state index in [1.54, 1.807) is 7.11 Å². The molecule has 2 aliphatic rings. The van der Waals surface area contributed by atoms with Crippen LogP contribution in [0.4, 0.5) is 0 Å². The molecule has 1 aromatic carbocycles. The Hall–Kier alpha value is -0.780. The van der Waals surface area contributed by atoms with E-state index in [4.69, 9.17) is 4.74 Å². The highest BCUT2D eigenvalue weighted by Gasteiger charge is 2.38. The van der Waals surface area contributed by atoms with Crippen LogP contribution < -0.4 is 10.1 Å². The summed E-state index contributed by atoms with van der Waals surface area (Å²) >= 11 is 3.41. The van der Waals surface area contributed by atoms with E-state index in [9.17, 15) is 4.79 Å². The molecule has 0 saturated carbocycles. The standard InChI is InChI=1S/C16H21BrN2O2.ClH/c1-21-14-10-12(17)2-3-13(14)15(20)19-8-5-16(6-9-19)4-7-18-11-16;/h2-3,10,18H,4-9,11H2,1H3;1H. The van der Waals surface area contributed by atoms with Crippen LogP contribution in [0.5, 0.6) is 5.75 Å². The summed E-state index contributed by atoms with van der Waals surface area (Å²) in [6.07, 6.45) is 3.45. The lowest BCUT2D eigenvalue weighted by atomic mass is 9.78. The van der Waals surface area contributed by atoms with Crippen LogP contribution in [0, 0.1) is 5.41 Å². The van der Waals surface area contributed by atoms with Crippen LogP contribution in [0.15, 0.2) is 22.7 Å². The maximum absolute atomic E-state index is 12.7. The summed E-state index contributed by atoms with van der Waals surface area (Å²) in [6, 6.07) is 5.58. The van der Waals surface area contributed by atoms with E-state index in [0.29, 0.717) is 16.7 Å². The quantitative estimate of drug-likeness (QED) is 0.845. The molecule has 3 rings (SSSR count). The van der Waals surface area contributed by atoms with Gasteiger partial charge < -0.3 is 15.0 Å². The summed E-state index contributed by atoms with van der Waals surface area (Å²) < 4.78 is 6.27. The van der Waals surface area contributed by atoms with Gasteiger partial charge in [-0.2, -0.15) is 0 Å². The fraction of sp³-hybridized carbons (Fsp3) is 0.562. The van der Waals surface area contributed by atoms with Crippen LogP contribution in [-0.4, -0.2) is 44.1 Å². The van der Waals surface area contributed by atoms with Crippen molar-refractivity contribution in [3.8, 4) is 5.75 Å². The van der Waals surface area contributed by atoms with Gasteiger partial charge in [-0.3, -0.25) is 4.79 Å². The third-order valence-corrected chi connectivity index (χ3v) is 5.33. The second-order valence-corrected chi connectivity index (χ2v) is 6.98. The summed E-state index contributed by atoms with van der Waals surface area (Å²) in [6.45, 7) is 3.92. The molecule has 0 bridgehead atoms. The van der Waals surface area contributed by atoms with Crippen molar-refractivity contribution in [1.82, 2.24) is 10.2 Å². The number of nitrogens with zero attached hydrogens (tertiary/aromatic N) is 1. The Morgan fingerprint density at radius 3 is 2.64 bits per heavy atom. The van der Waals surface area contributed by atoms with Gasteiger partial charge >= 0.3 is 0 Å². The number of halogens is 2. The van der Waals surface area contributed by atoms with Crippen LogP contribution in [0.2, 0.25) is 0 Å². The predicted molar refractivity (Wildman–Crippen MR) is 93.0 cm³/mol. The third-order valence-electron chi connectivity index (χ3n) is 4.84. The summed E-state index contributed by atoms with van der Waals surface area (Å²) in [5.74, 6) is 0.720. The molecule has 4 nitrogen and oxygen atoms in total. The maximum Gasteiger partial charge on any atom is 0.257 e. The molecule has 0 radical (unpaired) electrons. The first-order chi connectivity index (χ1) is 10.1. The number of carbonyl (C=O) groups excluding carboxylic acids is 1. The van der Waals surface area contributed by atoms with Gasteiger partial charge in [0.2, 0.25) is 0 Å². The average molecular weight is 390 g/mol. The molecular formula is C16H22BrClN2O2. The average Bonchev–Trinajstić information content (AvgIpc) is 2.95. The molecule has 1 aromatic rings. The van der Waals surface area contributed by atoms with E-state index < -0.39 is 0 Å². The molecule has 1 amide bonds. The second-order valence-electron chi connectivity index (χ2n) is 6.06. The first kappa shape index (κ1) is 17.6. The minimum Gasteiger partial charge on any atom is -0.496 e. The highest BCUT2D eigenvalue weighted by molar-refractivity contribution is 9.10. The SMILES string of the molecule is COc1cc(Br)ccc1C(=O)N1CCC2(CCNC2)CC1.Cl. The number of methoxy groups -OCH3 is 1. The molecule has 1 N–H and O–H groups in total. The second kappa shape index (κ2) is 7.20. The molecule has 2 aliphatic heterocycles. The number of piperidine rings is 1. The molecule has 2 heterocycles. The van der Waals surface area contributed by atoms with Crippen molar-refractivity contribution >= 4 is 34.2 Å². The third kappa shape index (κ3) is 3.42. The molecule has 22 heavy (non-hydrogen) atoms. The first-order valence-corrected chi connectivity index (χ1v) is 8.26.